The first-order chi connectivity index (χ1) is 8.81. The molecule has 0 saturated carbocycles. The molecule has 2 aliphatic heterocycles. The predicted molar refractivity (Wildman–Crippen MR) is 64.6 cm³/mol. The third-order valence-electron chi connectivity index (χ3n) is 3.42. The number of aliphatic hydroxyl groups excluding tert-OH is 1. The summed E-state index contributed by atoms with van der Waals surface area (Å²) in [5.74, 6) is 1.61. The van der Waals surface area contributed by atoms with Crippen molar-refractivity contribution >= 4 is 0 Å². The lowest BCUT2D eigenvalue weighted by atomic mass is 9.87. The number of ether oxygens (including phenoxy) is 3. The Hall–Kier alpha value is -1.30. The highest BCUT2D eigenvalue weighted by atomic mass is 16.7. The lowest BCUT2D eigenvalue weighted by molar-refractivity contribution is -0.134. The van der Waals surface area contributed by atoms with E-state index >= 15 is 0 Å². The second-order valence-corrected chi connectivity index (χ2v) is 4.94. The molecule has 0 aliphatic carbocycles. The van der Waals surface area contributed by atoms with Crippen molar-refractivity contribution in [2.75, 3.05) is 33.2 Å². The van der Waals surface area contributed by atoms with Gasteiger partial charge in [0.05, 0.1) is 25.2 Å². The smallest absolute Gasteiger partial charge is 0.231 e. The van der Waals surface area contributed by atoms with Crippen molar-refractivity contribution in [1.82, 2.24) is 5.32 Å². The summed E-state index contributed by atoms with van der Waals surface area (Å²) in [4.78, 5) is 0. The summed E-state index contributed by atoms with van der Waals surface area (Å²) in [6, 6.07) is 5.93. The molecule has 1 fully saturated rings. The zero-order chi connectivity index (χ0) is 12.4. The molecular formula is C13H17NO4. The molecule has 3 rings (SSSR count). The van der Waals surface area contributed by atoms with E-state index in [1.807, 2.05) is 18.2 Å². The number of aliphatic hydroxyl groups is 1. The minimum Gasteiger partial charge on any atom is -0.454 e. The Morgan fingerprint density at radius 1 is 1.22 bits per heavy atom. The topological polar surface area (TPSA) is 60.0 Å². The van der Waals surface area contributed by atoms with Crippen molar-refractivity contribution in [2.24, 2.45) is 5.41 Å². The highest BCUT2D eigenvalue weighted by molar-refractivity contribution is 5.44. The first kappa shape index (κ1) is 11.8. The van der Waals surface area contributed by atoms with Crippen LogP contribution in [0.2, 0.25) is 0 Å². The maximum absolute atomic E-state index is 9.30. The molecule has 1 saturated heterocycles. The number of rotatable bonds is 5. The average Bonchev–Trinajstić information content (AvgIpc) is 2.80. The molecule has 18 heavy (non-hydrogen) atoms. The summed E-state index contributed by atoms with van der Waals surface area (Å²) >= 11 is 0. The molecule has 0 radical (unpaired) electrons. The zero-order valence-corrected chi connectivity index (χ0v) is 10.1. The van der Waals surface area contributed by atoms with Crippen LogP contribution in [0.15, 0.2) is 18.2 Å². The highest BCUT2D eigenvalue weighted by Gasteiger charge is 2.37. The van der Waals surface area contributed by atoms with Crippen LogP contribution < -0.4 is 14.8 Å². The summed E-state index contributed by atoms with van der Waals surface area (Å²) in [6.45, 7) is 3.25. The Kier molecular flexibility index (Phi) is 3.11. The molecule has 5 heteroatoms. The number of benzene rings is 1. The van der Waals surface area contributed by atoms with Crippen LogP contribution in [0.5, 0.6) is 11.5 Å². The number of fused-ring (bicyclic) bond motifs is 1. The maximum atomic E-state index is 9.30. The fourth-order valence-corrected chi connectivity index (χ4v) is 2.16. The van der Waals surface area contributed by atoms with E-state index in [0.29, 0.717) is 20.0 Å². The van der Waals surface area contributed by atoms with Crippen molar-refractivity contribution in [1.29, 1.82) is 0 Å². The van der Waals surface area contributed by atoms with Gasteiger partial charge in [-0.1, -0.05) is 6.07 Å². The highest BCUT2D eigenvalue weighted by Crippen LogP contribution is 2.32. The van der Waals surface area contributed by atoms with Gasteiger partial charge in [0.2, 0.25) is 6.79 Å². The molecule has 2 N–H and O–H groups in total. The molecule has 5 nitrogen and oxygen atoms in total. The van der Waals surface area contributed by atoms with Crippen molar-refractivity contribution in [2.45, 2.75) is 6.54 Å². The number of hydrogen-bond acceptors (Lipinski definition) is 5. The van der Waals surface area contributed by atoms with Gasteiger partial charge in [-0.15, -0.1) is 0 Å². The van der Waals surface area contributed by atoms with E-state index < -0.39 is 0 Å². The van der Waals surface area contributed by atoms with E-state index in [2.05, 4.69) is 5.32 Å². The summed E-state index contributed by atoms with van der Waals surface area (Å²) in [5, 5.41) is 12.7. The number of nitrogens with one attached hydrogen (secondary N) is 1. The Morgan fingerprint density at radius 3 is 2.78 bits per heavy atom. The minimum absolute atomic E-state index is 0.0870. The summed E-state index contributed by atoms with van der Waals surface area (Å²) in [5.41, 5.74) is 1.06. The molecule has 2 heterocycles. The van der Waals surface area contributed by atoms with E-state index in [9.17, 15) is 5.11 Å². The largest absolute Gasteiger partial charge is 0.454 e. The lowest BCUT2D eigenvalue weighted by Crippen LogP contribution is -2.52. The molecule has 0 bridgehead atoms. The molecular weight excluding hydrogens is 234 g/mol. The second kappa shape index (κ2) is 4.76. The maximum Gasteiger partial charge on any atom is 0.231 e. The molecule has 0 amide bonds. The molecule has 1 aromatic carbocycles. The molecule has 0 spiro atoms. The standard InChI is InChI=1S/C13H17NO4/c15-6-13(7-16-8-13)5-14-4-10-1-2-11-12(3-10)18-9-17-11/h1-3,14-15H,4-9H2. The Labute approximate surface area is 106 Å². The molecule has 2 aliphatic rings. The molecule has 0 unspecified atom stereocenters. The first-order valence-corrected chi connectivity index (χ1v) is 6.09. The van der Waals surface area contributed by atoms with Crippen molar-refractivity contribution in [3.63, 3.8) is 0 Å². The van der Waals surface area contributed by atoms with Crippen LogP contribution in [0.4, 0.5) is 0 Å². The Balaban J connectivity index is 1.54. The predicted octanol–water partition coefficient (Wildman–Crippen LogP) is 0.514. The molecule has 98 valence electrons. The fourth-order valence-electron chi connectivity index (χ4n) is 2.16. The van der Waals surface area contributed by atoms with Gasteiger partial charge < -0.3 is 24.6 Å². The van der Waals surface area contributed by atoms with Crippen molar-refractivity contribution in [3.8, 4) is 11.5 Å². The van der Waals surface area contributed by atoms with Crippen LogP contribution in [-0.2, 0) is 11.3 Å². The molecule has 0 atom stereocenters. The van der Waals surface area contributed by atoms with E-state index in [1.54, 1.807) is 0 Å². The monoisotopic (exact) mass is 251 g/mol. The van der Waals surface area contributed by atoms with Gasteiger partial charge in [-0.05, 0) is 17.7 Å². The van der Waals surface area contributed by atoms with Crippen LogP contribution >= 0.6 is 0 Å². The van der Waals surface area contributed by atoms with Crippen LogP contribution in [0, 0.1) is 5.41 Å². The van der Waals surface area contributed by atoms with Crippen LogP contribution in [0.3, 0.4) is 0 Å². The van der Waals surface area contributed by atoms with E-state index in [1.165, 1.54) is 0 Å². The van der Waals surface area contributed by atoms with Crippen LogP contribution in [0.1, 0.15) is 5.56 Å². The third-order valence-corrected chi connectivity index (χ3v) is 3.42. The zero-order valence-electron chi connectivity index (χ0n) is 10.1. The van der Waals surface area contributed by atoms with E-state index in [-0.39, 0.29) is 12.0 Å². The minimum atomic E-state index is -0.0870. The number of hydrogen-bond donors (Lipinski definition) is 2. The fraction of sp³-hybridized carbons (Fsp3) is 0.538. The first-order valence-electron chi connectivity index (χ1n) is 6.09. The van der Waals surface area contributed by atoms with Crippen LogP contribution in [0.25, 0.3) is 0 Å². The summed E-state index contributed by atoms with van der Waals surface area (Å²) < 4.78 is 15.7. The van der Waals surface area contributed by atoms with E-state index in [4.69, 9.17) is 14.2 Å². The van der Waals surface area contributed by atoms with Gasteiger partial charge in [0.15, 0.2) is 11.5 Å². The normalized spacial score (nSPS) is 19.6. The SMILES string of the molecule is OCC1(CNCc2ccc3c(c2)OCO3)COC1. The van der Waals surface area contributed by atoms with Gasteiger partial charge in [0.25, 0.3) is 0 Å². The Morgan fingerprint density at radius 2 is 2.06 bits per heavy atom. The summed E-state index contributed by atoms with van der Waals surface area (Å²) in [6.07, 6.45) is 0. The Bertz CT molecular complexity index is 425. The second-order valence-electron chi connectivity index (χ2n) is 4.94. The molecule has 0 aromatic heterocycles. The van der Waals surface area contributed by atoms with Crippen molar-refractivity contribution in [3.05, 3.63) is 23.8 Å². The van der Waals surface area contributed by atoms with Gasteiger partial charge in [-0.25, -0.2) is 0 Å². The van der Waals surface area contributed by atoms with Gasteiger partial charge in [0.1, 0.15) is 0 Å². The van der Waals surface area contributed by atoms with Gasteiger partial charge in [-0.2, -0.15) is 0 Å². The average molecular weight is 251 g/mol. The van der Waals surface area contributed by atoms with Gasteiger partial charge >= 0.3 is 0 Å². The third kappa shape index (κ3) is 2.16. The quantitative estimate of drug-likeness (QED) is 0.798. The van der Waals surface area contributed by atoms with Crippen molar-refractivity contribution < 1.29 is 19.3 Å². The van der Waals surface area contributed by atoms with Crippen LogP contribution in [-0.4, -0.2) is 38.3 Å². The summed E-state index contributed by atoms with van der Waals surface area (Å²) in [7, 11) is 0. The lowest BCUT2D eigenvalue weighted by Gasteiger charge is -2.40. The van der Waals surface area contributed by atoms with Gasteiger partial charge in [-0.3, -0.25) is 0 Å². The van der Waals surface area contributed by atoms with Gasteiger partial charge in [0, 0.05) is 13.1 Å². The molecule has 1 aromatic rings. The van der Waals surface area contributed by atoms with E-state index in [0.717, 1.165) is 30.2 Å².